The number of halogens is 2. The van der Waals surface area contributed by atoms with Crippen molar-refractivity contribution in [3.05, 3.63) is 29.8 Å². The molecule has 0 radical (unpaired) electrons. The maximum atomic E-state index is 13.0. The molecule has 88 valence electrons. The van der Waals surface area contributed by atoms with Crippen LogP contribution in [0, 0.1) is 11.6 Å². The molecule has 1 aliphatic carbocycles. The Morgan fingerprint density at radius 2 is 1.88 bits per heavy atom. The second kappa shape index (κ2) is 4.37. The first kappa shape index (κ1) is 11.3. The Morgan fingerprint density at radius 3 is 2.44 bits per heavy atom. The third kappa shape index (κ3) is 2.16. The van der Waals surface area contributed by atoms with E-state index >= 15 is 0 Å². The predicted octanol–water partition coefficient (Wildman–Crippen LogP) is 2.62. The van der Waals surface area contributed by atoms with Gasteiger partial charge in [0.05, 0.1) is 0 Å². The molecule has 2 rings (SSSR count). The quantitative estimate of drug-likeness (QED) is 0.861. The van der Waals surface area contributed by atoms with Gasteiger partial charge in [0.15, 0.2) is 11.6 Å². The van der Waals surface area contributed by atoms with Crippen LogP contribution in [0.3, 0.4) is 0 Å². The minimum Gasteiger partial charge on any atom is -0.486 e. The Morgan fingerprint density at radius 1 is 1.19 bits per heavy atom. The molecule has 16 heavy (non-hydrogen) atoms. The van der Waals surface area contributed by atoms with Crippen LogP contribution in [0.4, 0.5) is 8.78 Å². The van der Waals surface area contributed by atoms with E-state index in [1.165, 1.54) is 6.07 Å². The lowest BCUT2D eigenvalue weighted by atomic mass is 10.0. The molecule has 0 aromatic heterocycles. The number of benzene rings is 1. The zero-order valence-corrected chi connectivity index (χ0v) is 9.01. The Balaban J connectivity index is 2.16. The fourth-order valence-corrected chi connectivity index (χ4v) is 2.16. The summed E-state index contributed by atoms with van der Waals surface area (Å²) in [5.41, 5.74) is 5.31. The van der Waals surface area contributed by atoms with Crippen molar-refractivity contribution in [2.24, 2.45) is 5.73 Å². The van der Waals surface area contributed by atoms with Gasteiger partial charge in [-0.15, -0.1) is 0 Å². The monoisotopic (exact) mass is 227 g/mol. The minimum atomic E-state index is -0.886. The van der Waals surface area contributed by atoms with Gasteiger partial charge < -0.3 is 10.5 Å². The molecule has 0 atom stereocenters. The molecule has 2 N–H and O–H groups in total. The standard InChI is InChI=1S/C12H15F2NO/c13-10-4-3-9(7-11(10)14)16-12(8-15)5-1-2-6-12/h3-4,7H,1-2,5-6,8,15H2. The van der Waals surface area contributed by atoms with Gasteiger partial charge in [-0.05, 0) is 37.8 Å². The van der Waals surface area contributed by atoms with Gasteiger partial charge >= 0.3 is 0 Å². The van der Waals surface area contributed by atoms with Gasteiger partial charge in [-0.1, -0.05) is 0 Å². The Labute approximate surface area is 93.4 Å². The lowest BCUT2D eigenvalue weighted by molar-refractivity contribution is 0.0847. The summed E-state index contributed by atoms with van der Waals surface area (Å²) in [5.74, 6) is -1.39. The van der Waals surface area contributed by atoms with E-state index in [-0.39, 0.29) is 5.60 Å². The maximum Gasteiger partial charge on any atom is 0.162 e. The molecule has 0 unspecified atom stereocenters. The summed E-state index contributed by atoms with van der Waals surface area (Å²) >= 11 is 0. The first-order valence-corrected chi connectivity index (χ1v) is 5.49. The first-order chi connectivity index (χ1) is 7.65. The van der Waals surface area contributed by atoms with Gasteiger partial charge in [0.25, 0.3) is 0 Å². The molecule has 0 heterocycles. The summed E-state index contributed by atoms with van der Waals surface area (Å²) in [6.45, 7) is 0.409. The van der Waals surface area contributed by atoms with Crippen LogP contribution in [-0.4, -0.2) is 12.1 Å². The molecule has 0 saturated heterocycles. The lowest BCUT2D eigenvalue weighted by Gasteiger charge is -2.28. The topological polar surface area (TPSA) is 35.2 Å². The average molecular weight is 227 g/mol. The van der Waals surface area contributed by atoms with Gasteiger partial charge in [-0.2, -0.15) is 0 Å². The minimum absolute atomic E-state index is 0.353. The number of nitrogens with two attached hydrogens (primary N) is 1. The van der Waals surface area contributed by atoms with E-state index in [9.17, 15) is 8.78 Å². The molecule has 1 aliphatic rings. The smallest absolute Gasteiger partial charge is 0.162 e. The zero-order valence-electron chi connectivity index (χ0n) is 9.01. The third-order valence-corrected chi connectivity index (χ3v) is 3.11. The SMILES string of the molecule is NCC1(Oc2ccc(F)c(F)c2)CCCC1. The van der Waals surface area contributed by atoms with E-state index in [2.05, 4.69) is 0 Å². The van der Waals surface area contributed by atoms with E-state index < -0.39 is 11.6 Å². The van der Waals surface area contributed by atoms with Crippen molar-refractivity contribution < 1.29 is 13.5 Å². The van der Waals surface area contributed by atoms with E-state index in [4.69, 9.17) is 10.5 Å². The second-order valence-corrected chi connectivity index (χ2v) is 4.27. The van der Waals surface area contributed by atoms with Gasteiger partial charge in [-0.25, -0.2) is 8.78 Å². The molecule has 0 aliphatic heterocycles. The predicted molar refractivity (Wildman–Crippen MR) is 57.2 cm³/mol. The molecule has 1 aromatic carbocycles. The number of ether oxygens (including phenoxy) is 1. The van der Waals surface area contributed by atoms with Crippen molar-refractivity contribution in [1.82, 2.24) is 0 Å². The molecular formula is C12H15F2NO. The molecule has 0 bridgehead atoms. The van der Waals surface area contributed by atoms with E-state index in [0.717, 1.165) is 37.8 Å². The van der Waals surface area contributed by atoms with Crippen LogP contribution >= 0.6 is 0 Å². The Kier molecular flexibility index (Phi) is 3.10. The van der Waals surface area contributed by atoms with Crippen LogP contribution in [0.1, 0.15) is 25.7 Å². The summed E-state index contributed by atoms with van der Waals surface area (Å²) < 4.78 is 31.4. The van der Waals surface area contributed by atoms with Crippen molar-refractivity contribution >= 4 is 0 Å². The summed E-state index contributed by atoms with van der Waals surface area (Å²) in [5, 5.41) is 0. The zero-order chi connectivity index (χ0) is 11.6. The fraction of sp³-hybridized carbons (Fsp3) is 0.500. The second-order valence-electron chi connectivity index (χ2n) is 4.27. The molecule has 2 nitrogen and oxygen atoms in total. The highest BCUT2D eigenvalue weighted by atomic mass is 19.2. The van der Waals surface area contributed by atoms with E-state index in [0.29, 0.717) is 12.3 Å². The average Bonchev–Trinajstić information content (AvgIpc) is 2.73. The van der Waals surface area contributed by atoms with Crippen LogP contribution in [0.2, 0.25) is 0 Å². The third-order valence-electron chi connectivity index (χ3n) is 3.11. The van der Waals surface area contributed by atoms with E-state index in [1.54, 1.807) is 0 Å². The maximum absolute atomic E-state index is 13.0. The van der Waals surface area contributed by atoms with Crippen LogP contribution < -0.4 is 10.5 Å². The Bertz CT molecular complexity index is 375. The molecule has 0 amide bonds. The largest absolute Gasteiger partial charge is 0.486 e. The number of rotatable bonds is 3. The van der Waals surface area contributed by atoms with Crippen molar-refractivity contribution in [3.8, 4) is 5.75 Å². The van der Waals surface area contributed by atoms with Crippen molar-refractivity contribution in [2.75, 3.05) is 6.54 Å². The highest BCUT2D eigenvalue weighted by Crippen LogP contribution is 2.33. The van der Waals surface area contributed by atoms with Crippen molar-refractivity contribution in [1.29, 1.82) is 0 Å². The molecule has 1 fully saturated rings. The molecule has 1 aromatic rings. The molecule has 1 saturated carbocycles. The van der Waals surface area contributed by atoms with Gasteiger partial charge in [0, 0.05) is 12.6 Å². The fourth-order valence-electron chi connectivity index (χ4n) is 2.16. The van der Waals surface area contributed by atoms with Gasteiger partial charge in [-0.3, -0.25) is 0 Å². The lowest BCUT2D eigenvalue weighted by Crippen LogP contribution is -2.40. The van der Waals surface area contributed by atoms with Crippen molar-refractivity contribution in [2.45, 2.75) is 31.3 Å². The van der Waals surface area contributed by atoms with Crippen LogP contribution in [0.25, 0.3) is 0 Å². The Hall–Kier alpha value is -1.16. The highest BCUT2D eigenvalue weighted by Gasteiger charge is 2.34. The summed E-state index contributed by atoms with van der Waals surface area (Å²) in [4.78, 5) is 0. The van der Waals surface area contributed by atoms with Crippen LogP contribution in [-0.2, 0) is 0 Å². The van der Waals surface area contributed by atoms with E-state index in [1.807, 2.05) is 0 Å². The number of hydrogen-bond donors (Lipinski definition) is 1. The van der Waals surface area contributed by atoms with Crippen LogP contribution in [0.15, 0.2) is 18.2 Å². The van der Waals surface area contributed by atoms with Gasteiger partial charge in [0.1, 0.15) is 11.4 Å². The van der Waals surface area contributed by atoms with Crippen molar-refractivity contribution in [3.63, 3.8) is 0 Å². The summed E-state index contributed by atoms with van der Waals surface area (Å²) in [6, 6.07) is 3.59. The number of hydrogen-bond acceptors (Lipinski definition) is 2. The summed E-state index contributed by atoms with van der Waals surface area (Å²) in [7, 11) is 0. The molecular weight excluding hydrogens is 212 g/mol. The first-order valence-electron chi connectivity index (χ1n) is 5.49. The summed E-state index contributed by atoms with van der Waals surface area (Å²) in [6.07, 6.45) is 3.90. The molecule has 4 heteroatoms. The molecule has 0 spiro atoms. The van der Waals surface area contributed by atoms with Gasteiger partial charge in [0.2, 0.25) is 0 Å². The highest BCUT2D eigenvalue weighted by molar-refractivity contribution is 5.24. The van der Waals surface area contributed by atoms with Crippen LogP contribution in [0.5, 0.6) is 5.75 Å². The normalized spacial score (nSPS) is 18.7.